The van der Waals surface area contributed by atoms with Crippen molar-refractivity contribution in [2.24, 2.45) is 11.8 Å². The van der Waals surface area contributed by atoms with Crippen LogP contribution in [0.3, 0.4) is 0 Å². The van der Waals surface area contributed by atoms with E-state index in [1.165, 1.54) is 24.8 Å². The first-order valence-corrected chi connectivity index (χ1v) is 7.88. The average Bonchev–Trinajstić information content (AvgIpc) is 2.53. The lowest BCUT2D eigenvalue weighted by Crippen LogP contribution is -2.21. The lowest BCUT2D eigenvalue weighted by atomic mass is 9.78. The van der Waals surface area contributed by atoms with Crippen LogP contribution in [0.5, 0.6) is 5.75 Å². The van der Waals surface area contributed by atoms with Gasteiger partial charge in [-0.15, -0.1) is 0 Å². The van der Waals surface area contributed by atoms with Gasteiger partial charge in [-0.3, -0.25) is 4.79 Å². The Kier molecular flexibility index (Phi) is 5.63. The van der Waals surface area contributed by atoms with E-state index in [0.717, 1.165) is 30.9 Å². The molecule has 20 heavy (non-hydrogen) atoms. The largest absolute Gasteiger partial charge is 0.497 e. The van der Waals surface area contributed by atoms with Gasteiger partial charge in [-0.25, -0.2) is 0 Å². The number of carbonyl (C=O) groups excluding carboxylic acids is 1. The van der Waals surface area contributed by atoms with Crippen LogP contribution in [0.1, 0.15) is 51.0 Å². The molecule has 1 fully saturated rings. The van der Waals surface area contributed by atoms with Crippen molar-refractivity contribution in [3.63, 3.8) is 0 Å². The lowest BCUT2D eigenvalue weighted by molar-refractivity contribution is -0.124. The Morgan fingerprint density at radius 3 is 2.35 bits per heavy atom. The molecular weight excluding hydrogens is 248 g/mol. The summed E-state index contributed by atoms with van der Waals surface area (Å²) < 4.78 is 5.14. The van der Waals surface area contributed by atoms with Gasteiger partial charge in [0.1, 0.15) is 11.5 Å². The van der Waals surface area contributed by atoms with E-state index >= 15 is 0 Å². The summed E-state index contributed by atoms with van der Waals surface area (Å²) in [5.41, 5.74) is 1.22. The molecule has 0 atom stereocenters. The molecule has 1 aliphatic rings. The van der Waals surface area contributed by atoms with Crippen LogP contribution in [-0.4, -0.2) is 12.9 Å². The molecule has 0 radical (unpaired) electrons. The van der Waals surface area contributed by atoms with E-state index in [4.69, 9.17) is 4.74 Å². The molecule has 1 aromatic carbocycles. The molecular formula is C18H26O2. The van der Waals surface area contributed by atoms with Crippen molar-refractivity contribution in [3.05, 3.63) is 29.8 Å². The van der Waals surface area contributed by atoms with Gasteiger partial charge in [-0.1, -0.05) is 25.5 Å². The lowest BCUT2D eigenvalue weighted by Gasteiger charge is -2.26. The summed E-state index contributed by atoms with van der Waals surface area (Å²) in [4.78, 5) is 12.3. The number of aryl methyl sites for hydroxylation is 1. The van der Waals surface area contributed by atoms with Gasteiger partial charge in [-0.2, -0.15) is 0 Å². The molecule has 1 aliphatic carbocycles. The van der Waals surface area contributed by atoms with Gasteiger partial charge in [0.2, 0.25) is 0 Å². The summed E-state index contributed by atoms with van der Waals surface area (Å²) in [6.07, 6.45) is 7.53. The van der Waals surface area contributed by atoms with Crippen molar-refractivity contribution < 1.29 is 9.53 Å². The number of ether oxygens (including phenoxy) is 1. The van der Waals surface area contributed by atoms with E-state index in [1.54, 1.807) is 7.11 Å². The van der Waals surface area contributed by atoms with Gasteiger partial charge in [0.05, 0.1) is 7.11 Å². The van der Waals surface area contributed by atoms with E-state index in [1.807, 2.05) is 12.1 Å². The zero-order chi connectivity index (χ0) is 14.4. The molecule has 0 amide bonds. The molecule has 0 unspecified atom stereocenters. The number of rotatable bonds is 6. The molecule has 2 nitrogen and oxygen atoms in total. The van der Waals surface area contributed by atoms with Crippen LogP contribution in [0.2, 0.25) is 0 Å². The Morgan fingerprint density at radius 1 is 1.15 bits per heavy atom. The maximum Gasteiger partial charge on any atom is 0.136 e. The molecule has 0 saturated heterocycles. The minimum absolute atomic E-state index is 0.330. The Labute approximate surface area is 122 Å². The molecule has 0 bridgehead atoms. The summed E-state index contributed by atoms with van der Waals surface area (Å²) in [6, 6.07) is 8.04. The molecule has 2 heteroatoms. The fourth-order valence-electron chi connectivity index (χ4n) is 3.16. The van der Waals surface area contributed by atoms with E-state index in [0.29, 0.717) is 18.1 Å². The van der Waals surface area contributed by atoms with Crippen LogP contribution in [0.15, 0.2) is 24.3 Å². The SMILES string of the molecule is CCC1CCC(C(=O)CCc2ccc(OC)cc2)CC1. The van der Waals surface area contributed by atoms with E-state index in [-0.39, 0.29) is 0 Å². The number of hydrogen-bond donors (Lipinski definition) is 0. The van der Waals surface area contributed by atoms with Crippen LogP contribution in [-0.2, 0) is 11.2 Å². The summed E-state index contributed by atoms with van der Waals surface area (Å²) in [5.74, 6) is 2.53. The first kappa shape index (κ1) is 15.1. The number of carbonyl (C=O) groups is 1. The van der Waals surface area contributed by atoms with Crippen molar-refractivity contribution in [1.82, 2.24) is 0 Å². The smallest absolute Gasteiger partial charge is 0.136 e. The third-order valence-electron chi connectivity index (χ3n) is 4.70. The zero-order valence-electron chi connectivity index (χ0n) is 12.7. The maximum atomic E-state index is 12.3. The molecule has 2 rings (SSSR count). The van der Waals surface area contributed by atoms with Crippen LogP contribution >= 0.6 is 0 Å². The fourth-order valence-corrected chi connectivity index (χ4v) is 3.16. The standard InChI is InChI=1S/C18H26O2/c1-3-14-4-9-16(10-5-14)18(19)13-8-15-6-11-17(20-2)12-7-15/h6-7,11-12,14,16H,3-5,8-10,13H2,1-2H3. The Hall–Kier alpha value is -1.31. The molecule has 0 N–H and O–H groups in total. The summed E-state index contributed by atoms with van der Waals surface area (Å²) in [6.45, 7) is 2.26. The molecule has 1 aromatic rings. The Bertz CT molecular complexity index is 414. The third-order valence-corrected chi connectivity index (χ3v) is 4.70. The normalized spacial score (nSPS) is 22.5. The number of ketones is 1. The minimum atomic E-state index is 0.330. The summed E-state index contributed by atoms with van der Waals surface area (Å²) in [5, 5.41) is 0. The van der Waals surface area contributed by atoms with Gasteiger partial charge in [0.15, 0.2) is 0 Å². The average molecular weight is 274 g/mol. The van der Waals surface area contributed by atoms with Gasteiger partial charge in [-0.05, 0) is 55.7 Å². The van der Waals surface area contributed by atoms with E-state index in [2.05, 4.69) is 19.1 Å². The molecule has 110 valence electrons. The maximum absolute atomic E-state index is 12.3. The van der Waals surface area contributed by atoms with Crippen LogP contribution in [0.4, 0.5) is 0 Å². The number of Topliss-reactive ketones (excluding diaryl/α,β-unsaturated/α-hetero) is 1. The zero-order valence-corrected chi connectivity index (χ0v) is 12.7. The highest BCUT2D eigenvalue weighted by Gasteiger charge is 2.24. The number of methoxy groups -OCH3 is 1. The Balaban J connectivity index is 1.77. The highest BCUT2D eigenvalue weighted by Crippen LogP contribution is 2.31. The highest BCUT2D eigenvalue weighted by molar-refractivity contribution is 5.81. The predicted molar refractivity (Wildman–Crippen MR) is 82.1 cm³/mol. The second kappa shape index (κ2) is 7.47. The molecule has 0 spiro atoms. The van der Waals surface area contributed by atoms with E-state index < -0.39 is 0 Å². The monoisotopic (exact) mass is 274 g/mol. The van der Waals surface area contributed by atoms with Crippen LogP contribution in [0.25, 0.3) is 0 Å². The fraction of sp³-hybridized carbons (Fsp3) is 0.611. The van der Waals surface area contributed by atoms with Crippen LogP contribution in [0, 0.1) is 11.8 Å². The molecule has 1 saturated carbocycles. The van der Waals surface area contributed by atoms with Gasteiger partial charge >= 0.3 is 0 Å². The van der Waals surface area contributed by atoms with Gasteiger partial charge in [0, 0.05) is 12.3 Å². The topological polar surface area (TPSA) is 26.3 Å². The van der Waals surface area contributed by atoms with Crippen LogP contribution < -0.4 is 4.74 Å². The van der Waals surface area contributed by atoms with Gasteiger partial charge < -0.3 is 4.74 Å². The highest BCUT2D eigenvalue weighted by atomic mass is 16.5. The molecule has 0 aliphatic heterocycles. The van der Waals surface area contributed by atoms with Crippen molar-refractivity contribution in [2.75, 3.05) is 7.11 Å². The number of hydrogen-bond acceptors (Lipinski definition) is 2. The van der Waals surface area contributed by atoms with Gasteiger partial charge in [0.25, 0.3) is 0 Å². The van der Waals surface area contributed by atoms with E-state index in [9.17, 15) is 4.79 Å². The quantitative estimate of drug-likeness (QED) is 0.768. The summed E-state index contributed by atoms with van der Waals surface area (Å²) >= 11 is 0. The number of benzene rings is 1. The second-order valence-corrected chi connectivity index (χ2v) is 5.94. The van der Waals surface area contributed by atoms with Crippen molar-refractivity contribution in [2.45, 2.75) is 51.9 Å². The van der Waals surface area contributed by atoms with Crippen molar-refractivity contribution >= 4 is 5.78 Å². The first-order valence-electron chi connectivity index (χ1n) is 7.88. The third kappa shape index (κ3) is 4.09. The Morgan fingerprint density at radius 2 is 1.80 bits per heavy atom. The minimum Gasteiger partial charge on any atom is -0.497 e. The summed E-state index contributed by atoms with van der Waals surface area (Å²) in [7, 11) is 1.67. The first-order chi connectivity index (χ1) is 9.72. The molecule has 0 aromatic heterocycles. The van der Waals surface area contributed by atoms with Crippen molar-refractivity contribution in [3.8, 4) is 5.75 Å². The predicted octanol–water partition coefficient (Wildman–Crippen LogP) is 4.41. The molecule has 0 heterocycles. The van der Waals surface area contributed by atoms with Crippen molar-refractivity contribution in [1.29, 1.82) is 0 Å². The second-order valence-electron chi connectivity index (χ2n) is 5.94.